The number of aromatic nitrogens is 2. The Morgan fingerprint density at radius 3 is 2.70 bits per heavy atom. The van der Waals surface area contributed by atoms with Crippen molar-refractivity contribution in [3.63, 3.8) is 0 Å². The average molecular weight is 343 g/mol. The van der Waals surface area contributed by atoms with Crippen LogP contribution in [0, 0.1) is 23.6 Å². The van der Waals surface area contributed by atoms with Crippen molar-refractivity contribution < 1.29 is 18.5 Å². The predicted octanol–water partition coefficient (Wildman–Crippen LogP) is 2.57. The molecule has 1 aromatic rings. The summed E-state index contributed by atoms with van der Waals surface area (Å²) in [5.41, 5.74) is 0. The number of anilines is 1. The first kappa shape index (κ1) is 16.4. The van der Waals surface area contributed by atoms with E-state index in [1.165, 1.54) is 17.9 Å². The number of esters is 1. The lowest BCUT2D eigenvalue weighted by molar-refractivity contribution is -0.695. The number of nitrogens with zero attached hydrogens (tertiary/aromatic N) is 2. The van der Waals surface area contributed by atoms with Crippen molar-refractivity contribution in [1.82, 2.24) is 4.98 Å². The van der Waals surface area contributed by atoms with Gasteiger partial charge in [-0.25, -0.2) is 4.57 Å². The van der Waals surface area contributed by atoms with E-state index in [9.17, 15) is 9.18 Å². The number of ether oxygens (including phenoxy) is 1. The van der Waals surface area contributed by atoms with Crippen LogP contribution < -0.4 is 9.88 Å². The van der Waals surface area contributed by atoms with E-state index in [4.69, 9.17) is 16.3 Å². The first-order valence-electron chi connectivity index (χ1n) is 8.15. The zero-order chi connectivity index (χ0) is 16.6. The van der Waals surface area contributed by atoms with Gasteiger partial charge in [-0.15, -0.1) is 0 Å². The molecule has 2 atom stereocenters. The minimum absolute atomic E-state index is 0.117. The second-order valence-corrected chi connectivity index (χ2v) is 6.72. The van der Waals surface area contributed by atoms with Crippen molar-refractivity contribution in [2.24, 2.45) is 17.8 Å². The highest BCUT2D eigenvalue weighted by Gasteiger charge is 2.48. The molecule has 0 saturated heterocycles. The van der Waals surface area contributed by atoms with Gasteiger partial charge in [-0.2, -0.15) is 4.39 Å². The Morgan fingerprint density at radius 2 is 2.09 bits per heavy atom. The van der Waals surface area contributed by atoms with E-state index in [0.29, 0.717) is 18.4 Å². The highest BCUT2D eigenvalue weighted by atomic mass is 35.5. The van der Waals surface area contributed by atoms with Crippen molar-refractivity contribution in [2.45, 2.75) is 45.2 Å². The molecule has 1 N–H and O–H groups in total. The summed E-state index contributed by atoms with van der Waals surface area (Å²) in [5.74, 6) is -0.170. The largest absolute Gasteiger partial charge is 0.469 e. The Balaban J connectivity index is 1.88. The van der Waals surface area contributed by atoms with Crippen LogP contribution in [0.3, 0.4) is 0 Å². The summed E-state index contributed by atoms with van der Waals surface area (Å²) in [5, 5.41) is 3.38. The van der Waals surface area contributed by atoms with Gasteiger partial charge in [0, 0.05) is 17.6 Å². The molecule has 2 bridgehead atoms. The van der Waals surface area contributed by atoms with E-state index in [2.05, 4.69) is 10.3 Å². The van der Waals surface area contributed by atoms with Crippen molar-refractivity contribution >= 4 is 23.4 Å². The molecule has 3 aliphatic rings. The Bertz CT molecular complexity index is 605. The van der Waals surface area contributed by atoms with E-state index < -0.39 is 5.82 Å². The maximum Gasteiger partial charge on any atom is 0.398 e. The summed E-state index contributed by atoms with van der Waals surface area (Å²) in [6, 6.07) is -0.148. The number of methoxy groups -OCH3 is 1. The van der Waals surface area contributed by atoms with Crippen LogP contribution in [0.2, 0.25) is 5.28 Å². The number of rotatable bonds is 4. The standard InChI is InChI=1S/C16H21ClFN3O2/c1-3-21-8-11(18)14(20-16(21)17)19-13-10-6-4-9(5-7-10)12(13)15(22)23-2/h8-10,12-13H,3-7H2,1-2H3/p+1. The highest BCUT2D eigenvalue weighted by molar-refractivity contribution is 6.27. The topological polar surface area (TPSA) is 55.1 Å². The Kier molecular flexibility index (Phi) is 4.71. The first-order valence-corrected chi connectivity index (χ1v) is 8.52. The van der Waals surface area contributed by atoms with Gasteiger partial charge in [-0.3, -0.25) is 4.79 Å². The number of hydrogen-bond donors (Lipinski definition) is 1. The highest BCUT2D eigenvalue weighted by Crippen LogP contribution is 2.46. The van der Waals surface area contributed by atoms with Gasteiger partial charge in [0.25, 0.3) is 5.82 Å². The molecule has 3 aliphatic carbocycles. The van der Waals surface area contributed by atoms with Crippen LogP contribution in [0.15, 0.2) is 6.20 Å². The molecule has 2 unspecified atom stereocenters. The number of hydrogen-bond acceptors (Lipinski definition) is 4. The van der Waals surface area contributed by atoms with Gasteiger partial charge in [0.2, 0.25) is 5.82 Å². The lowest BCUT2D eigenvalue weighted by Crippen LogP contribution is -2.52. The lowest BCUT2D eigenvalue weighted by atomic mass is 9.61. The molecule has 0 radical (unpaired) electrons. The summed E-state index contributed by atoms with van der Waals surface area (Å²) in [4.78, 5) is 16.3. The monoisotopic (exact) mass is 342 g/mol. The summed E-state index contributed by atoms with van der Waals surface area (Å²) in [7, 11) is 1.41. The third-order valence-electron chi connectivity index (χ3n) is 5.27. The van der Waals surface area contributed by atoms with E-state index in [1.54, 1.807) is 0 Å². The van der Waals surface area contributed by atoms with Gasteiger partial charge in [-0.05, 0) is 49.4 Å². The molecule has 3 fully saturated rings. The molecule has 1 aromatic heterocycles. The normalized spacial score (nSPS) is 29.4. The molecule has 0 aliphatic heterocycles. The van der Waals surface area contributed by atoms with Crippen molar-refractivity contribution in [3.05, 3.63) is 17.3 Å². The fourth-order valence-corrected chi connectivity index (χ4v) is 4.33. The van der Waals surface area contributed by atoms with Crippen molar-refractivity contribution in [3.8, 4) is 0 Å². The maximum atomic E-state index is 14.3. The molecule has 4 rings (SSSR count). The molecule has 1 heterocycles. The summed E-state index contributed by atoms with van der Waals surface area (Å²) in [6.07, 6.45) is 5.50. The second kappa shape index (κ2) is 6.59. The number of fused-ring (bicyclic) bond motifs is 3. The molecule has 23 heavy (non-hydrogen) atoms. The zero-order valence-electron chi connectivity index (χ0n) is 13.4. The van der Waals surface area contributed by atoms with E-state index in [1.807, 2.05) is 6.92 Å². The fourth-order valence-electron chi connectivity index (χ4n) is 4.07. The molecule has 0 spiro atoms. The van der Waals surface area contributed by atoms with Crippen LogP contribution in [0.5, 0.6) is 0 Å². The quantitative estimate of drug-likeness (QED) is 0.519. The van der Waals surface area contributed by atoms with Gasteiger partial charge in [0.05, 0.1) is 19.6 Å². The number of halogens is 2. The Morgan fingerprint density at radius 1 is 1.43 bits per heavy atom. The third kappa shape index (κ3) is 3.01. The summed E-state index contributed by atoms with van der Waals surface area (Å²) in [6.45, 7) is 2.41. The van der Waals surface area contributed by atoms with Crippen LogP contribution in [-0.2, 0) is 16.1 Å². The van der Waals surface area contributed by atoms with Crippen LogP contribution >= 0.6 is 11.6 Å². The van der Waals surface area contributed by atoms with Gasteiger partial charge in [-0.1, -0.05) is 0 Å². The number of carbonyl (C=O) groups is 1. The van der Waals surface area contributed by atoms with Crippen LogP contribution in [0.1, 0.15) is 32.6 Å². The van der Waals surface area contributed by atoms with Crippen LogP contribution in [0.4, 0.5) is 10.2 Å². The van der Waals surface area contributed by atoms with E-state index in [-0.39, 0.29) is 29.0 Å². The number of aryl methyl sites for hydroxylation is 1. The third-order valence-corrected chi connectivity index (χ3v) is 5.57. The van der Waals surface area contributed by atoms with E-state index in [0.717, 1.165) is 25.7 Å². The molecule has 0 amide bonds. The van der Waals surface area contributed by atoms with Crippen molar-refractivity contribution in [2.75, 3.05) is 12.4 Å². The molecular weight excluding hydrogens is 321 g/mol. The van der Waals surface area contributed by atoms with Gasteiger partial charge >= 0.3 is 11.3 Å². The Labute approximate surface area is 140 Å². The average Bonchev–Trinajstić information content (AvgIpc) is 2.58. The van der Waals surface area contributed by atoms with Gasteiger partial charge in [0.15, 0.2) is 0 Å². The summed E-state index contributed by atoms with van der Waals surface area (Å²) >= 11 is 6.08. The second-order valence-electron chi connectivity index (χ2n) is 6.39. The van der Waals surface area contributed by atoms with Crippen LogP contribution in [0.25, 0.3) is 0 Å². The molecular formula is C16H22ClFN3O2+. The predicted molar refractivity (Wildman–Crippen MR) is 83.4 cm³/mol. The minimum Gasteiger partial charge on any atom is -0.469 e. The summed E-state index contributed by atoms with van der Waals surface area (Å²) < 4.78 is 20.8. The van der Waals surface area contributed by atoms with E-state index >= 15 is 0 Å². The smallest absolute Gasteiger partial charge is 0.398 e. The minimum atomic E-state index is -0.457. The Hall–Kier alpha value is -1.43. The zero-order valence-corrected chi connectivity index (χ0v) is 14.1. The lowest BCUT2D eigenvalue weighted by Gasteiger charge is -2.47. The molecule has 0 aromatic carbocycles. The number of nitrogens with one attached hydrogen (secondary N) is 1. The number of carbonyl (C=O) groups excluding carboxylic acids is 1. The maximum absolute atomic E-state index is 14.3. The van der Waals surface area contributed by atoms with Gasteiger partial charge < -0.3 is 10.1 Å². The van der Waals surface area contributed by atoms with Crippen LogP contribution in [-0.4, -0.2) is 24.1 Å². The fraction of sp³-hybridized carbons (Fsp3) is 0.688. The molecule has 5 nitrogen and oxygen atoms in total. The molecule has 3 saturated carbocycles. The first-order chi connectivity index (χ1) is 11.0. The molecule has 7 heteroatoms. The van der Waals surface area contributed by atoms with Gasteiger partial charge in [0.1, 0.15) is 6.20 Å². The SMILES string of the molecule is CC[n+]1cc(F)c(NC2C3CCC(CC3)C2C(=O)OC)nc1Cl. The van der Waals surface area contributed by atoms with Crippen molar-refractivity contribution in [1.29, 1.82) is 0 Å². The molecule has 126 valence electrons.